The second-order valence-electron chi connectivity index (χ2n) is 9.36. The van der Waals surface area contributed by atoms with Crippen LogP contribution in [0.2, 0.25) is 0 Å². The molecular formula is C24H30F3N5O. The first-order chi connectivity index (χ1) is 15.9. The third-order valence-corrected chi connectivity index (χ3v) is 7.01. The molecule has 0 N–H and O–H groups in total. The molecule has 0 bridgehead atoms. The van der Waals surface area contributed by atoms with Gasteiger partial charge in [0, 0.05) is 45.2 Å². The smallest absolute Gasteiger partial charge is 0.336 e. The molecule has 3 heterocycles. The number of rotatable bonds is 6. The highest BCUT2D eigenvalue weighted by molar-refractivity contribution is 5.95. The molecule has 1 aromatic heterocycles. The molecule has 5 rings (SSSR count). The summed E-state index contributed by atoms with van der Waals surface area (Å²) in [5.41, 5.74) is 0.906. The summed E-state index contributed by atoms with van der Waals surface area (Å²) in [5.74, 6) is 0.108. The van der Waals surface area contributed by atoms with Gasteiger partial charge >= 0.3 is 6.18 Å². The molecule has 2 saturated heterocycles. The first kappa shape index (κ1) is 22.4. The van der Waals surface area contributed by atoms with E-state index in [1.165, 1.54) is 42.9 Å². The van der Waals surface area contributed by atoms with Crippen LogP contribution in [0.5, 0.6) is 0 Å². The SMILES string of the molecule is O=C(c1cnn(-c2cccc(C(F)(F)F)c2)c1C1CC1)N1CCN(CCN2CCCC2)CC1. The second kappa shape index (κ2) is 9.10. The zero-order valence-corrected chi connectivity index (χ0v) is 18.7. The van der Waals surface area contributed by atoms with Crippen LogP contribution in [0.3, 0.4) is 0 Å². The average Bonchev–Trinajstić information content (AvgIpc) is 3.33. The number of aromatic nitrogens is 2. The number of alkyl halides is 3. The van der Waals surface area contributed by atoms with Gasteiger partial charge < -0.3 is 9.80 Å². The molecule has 0 atom stereocenters. The molecule has 0 radical (unpaired) electrons. The summed E-state index contributed by atoms with van der Waals surface area (Å²) in [7, 11) is 0. The molecule has 3 aliphatic rings. The number of hydrogen-bond acceptors (Lipinski definition) is 4. The van der Waals surface area contributed by atoms with Crippen molar-refractivity contribution in [2.75, 3.05) is 52.4 Å². The van der Waals surface area contributed by atoms with Gasteiger partial charge in [-0.1, -0.05) is 6.07 Å². The van der Waals surface area contributed by atoms with Gasteiger partial charge in [-0.05, 0) is 57.0 Å². The maximum Gasteiger partial charge on any atom is 0.416 e. The lowest BCUT2D eigenvalue weighted by Gasteiger charge is -2.35. The normalized spacial score (nSPS) is 20.5. The minimum Gasteiger partial charge on any atom is -0.336 e. The molecule has 1 aliphatic carbocycles. The Balaban J connectivity index is 1.28. The van der Waals surface area contributed by atoms with Crippen molar-refractivity contribution >= 4 is 5.91 Å². The van der Waals surface area contributed by atoms with Crippen molar-refractivity contribution in [2.45, 2.75) is 37.8 Å². The highest BCUT2D eigenvalue weighted by Gasteiger charge is 2.36. The van der Waals surface area contributed by atoms with Crippen LogP contribution in [-0.2, 0) is 6.18 Å². The Hall–Kier alpha value is -2.39. The second-order valence-corrected chi connectivity index (χ2v) is 9.36. The zero-order chi connectivity index (χ0) is 23.0. The molecule has 1 amide bonds. The maximum atomic E-state index is 13.4. The van der Waals surface area contributed by atoms with E-state index in [4.69, 9.17) is 0 Å². The van der Waals surface area contributed by atoms with Crippen LogP contribution in [0.25, 0.3) is 5.69 Å². The highest BCUT2D eigenvalue weighted by atomic mass is 19.4. The summed E-state index contributed by atoms with van der Waals surface area (Å²) in [4.78, 5) is 20.1. The van der Waals surface area contributed by atoms with E-state index in [-0.39, 0.29) is 11.8 Å². The summed E-state index contributed by atoms with van der Waals surface area (Å²) < 4.78 is 41.2. The summed E-state index contributed by atoms with van der Waals surface area (Å²) in [6, 6.07) is 5.16. The van der Waals surface area contributed by atoms with Crippen molar-refractivity contribution in [3.05, 3.63) is 47.3 Å². The number of carbonyl (C=O) groups is 1. The van der Waals surface area contributed by atoms with E-state index >= 15 is 0 Å². The molecule has 2 aliphatic heterocycles. The lowest BCUT2D eigenvalue weighted by molar-refractivity contribution is -0.137. The predicted octanol–water partition coefficient (Wildman–Crippen LogP) is 3.62. The van der Waals surface area contributed by atoms with Crippen LogP contribution in [0, 0.1) is 0 Å². The summed E-state index contributed by atoms with van der Waals surface area (Å²) in [5, 5.41) is 4.36. The Morgan fingerprint density at radius 1 is 0.970 bits per heavy atom. The number of carbonyl (C=O) groups excluding carboxylic acids is 1. The maximum absolute atomic E-state index is 13.4. The quantitative estimate of drug-likeness (QED) is 0.659. The topological polar surface area (TPSA) is 44.6 Å². The van der Waals surface area contributed by atoms with Crippen molar-refractivity contribution in [2.24, 2.45) is 0 Å². The van der Waals surface area contributed by atoms with E-state index in [1.807, 2.05) is 4.90 Å². The van der Waals surface area contributed by atoms with E-state index < -0.39 is 11.7 Å². The van der Waals surface area contributed by atoms with E-state index in [9.17, 15) is 18.0 Å². The Kier molecular flexibility index (Phi) is 6.18. The van der Waals surface area contributed by atoms with Gasteiger partial charge in [0.15, 0.2) is 0 Å². The first-order valence-corrected chi connectivity index (χ1v) is 11.9. The molecule has 2 aromatic rings. The van der Waals surface area contributed by atoms with Gasteiger partial charge in [0.25, 0.3) is 5.91 Å². The zero-order valence-electron chi connectivity index (χ0n) is 18.7. The number of nitrogens with zero attached hydrogens (tertiary/aromatic N) is 5. The van der Waals surface area contributed by atoms with Gasteiger partial charge in [-0.15, -0.1) is 0 Å². The van der Waals surface area contributed by atoms with E-state index in [2.05, 4.69) is 14.9 Å². The Morgan fingerprint density at radius 2 is 1.64 bits per heavy atom. The molecule has 33 heavy (non-hydrogen) atoms. The van der Waals surface area contributed by atoms with E-state index in [0.717, 1.165) is 56.8 Å². The monoisotopic (exact) mass is 461 g/mol. The minimum atomic E-state index is -4.42. The van der Waals surface area contributed by atoms with Gasteiger partial charge in [0.2, 0.25) is 0 Å². The van der Waals surface area contributed by atoms with Crippen LogP contribution in [0.15, 0.2) is 30.5 Å². The molecule has 9 heteroatoms. The molecule has 3 fully saturated rings. The molecule has 0 unspecified atom stereocenters. The Morgan fingerprint density at radius 3 is 2.27 bits per heavy atom. The van der Waals surface area contributed by atoms with Crippen LogP contribution in [0.1, 0.15) is 53.2 Å². The van der Waals surface area contributed by atoms with Crippen LogP contribution in [0.4, 0.5) is 13.2 Å². The van der Waals surface area contributed by atoms with Crippen LogP contribution in [-0.4, -0.2) is 82.7 Å². The van der Waals surface area contributed by atoms with Crippen molar-refractivity contribution in [1.29, 1.82) is 0 Å². The number of likely N-dealkylation sites (tertiary alicyclic amines) is 1. The van der Waals surface area contributed by atoms with Crippen molar-refractivity contribution < 1.29 is 18.0 Å². The van der Waals surface area contributed by atoms with Gasteiger partial charge in [-0.3, -0.25) is 9.69 Å². The fourth-order valence-electron chi connectivity index (χ4n) is 4.93. The number of benzene rings is 1. The molecule has 1 saturated carbocycles. The average molecular weight is 462 g/mol. The van der Waals surface area contributed by atoms with Gasteiger partial charge in [-0.2, -0.15) is 18.3 Å². The molecule has 6 nitrogen and oxygen atoms in total. The van der Waals surface area contributed by atoms with Crippen LogP contribution < -0.4 is 0 Å². The van der Waals surface area contributed by atoms with E-state index in [0.29, 0.717) is 24.3 Å². The standard InChI is InChI=1S/C24H30F3N5O/c25-24(26,27)19-4-3-5-20(16-19)32-22(18-6-7-18)21(17-28-32)23(33)31-14-12-30(13-15-31)11-10-29-8-1-2-9-29/h3-5,16-18H,1-2,6-15H2. The third-order valence-electron chi connectivity index (χ3n) is 7.01. The number of amides is 1. The molecule has 1 aromatic carbocycles. The largest absolute Gasteiger partial charge is 0.416 e. The Bertz CT molecular complexity index is 986. The molecule has 178 valence electrons. The lowest BCUT2D eigenvalue weighted by Crippen LogP contribution is -2.50. The fraction of sp³-hybridized carbons (Fsp3) is 0.583. The number of halogens is 3. The fourth-order valence-corrected chi connectivity index (χ4v) is 4.93. The lowest BCUT2D eigenvalue weighted by atomic mass is 10.1. The third kappa shape index (κ3) is 4.94. The number of hydrogen-bond donors (Lipinski definition) is 0. The summed E-state index contributed by atoms with van der Waals surface area (Å²) in [6.07, 6.45) is 1.55. The van der Waals surface area contributed by atoms with Crippen LogP contribution >= 0.6 is 0 Å². The minimum absolute atomic E-state index is 0.0608. The Labute approximate surface area is 191 Å². The summed E-state index contributed by atoms with van der Waals surface area (Å²) >= 11 is 0. The molecule has 0 spiro atoms. The van der Waals surface area contributed by atoms with Gasteiger partial charge in [0.1, 0.15) is 0 Å². The van der Waals surface area contributed by atoms with Crippen molar-refractivity contribution in [3.8, 4) is 5.69 Å². The van der Waals surface area contributed by atoms with Gasteiger partial charge in [-0.25, -0.2) is 4.68 Å². The van der Waals surface area contributed by atoms with Gasteiger partial charge in [0.05, 0.1) is 28.7 Å². The highest BCUT2D eigenvalue weighted by Crippen LogP contribution is 2.43. The first-order valence-electron chi connectivity index (χ1n) is 11.9. The van der Waals surface area contributed by atoms with Crippen molar-refractivity contribution in [1.82, 2.24) is 24.5 Å². The predicted molar refractivity (Wildman–Crippen MR) is 119 cm³/mol. The van der Waals surface area contributed by atoms with E-state index in [1.54, 1.807) is 6.07 Å². The number of piperazine rings is 1. The molecular weight excluding hydrogens is 431 g/mol. The van der Waals surface area contributed by atoms with Crippen molar-refractivity contribution in [3.63, 3.8) is 0 Å². The summed E-state index contributed by atoms with van der Waals surface area (Å²) in [6.45, 7) is 7.53.